The molecular formula is C11H5BrF6N2O. The first-order chi connectivity index (χ1) is 9.56. The first-order valence-electron chi connectivity index (χ1n) is 5.25. The van der Waals surface area contributed by atoms with Gasteiger partial charge in [-0.2, -0.15) is 13.2 Å². The van der Waals surface area contributed by atoms with Gasteiger partial charge in [-0.15, -0.1) is 13.2 Å². The first kappa shape index (κ1) is 15.7. The molecule has 0 aliphatic carbocycles. The van der Waals surface area contributed by atoms with E-state index in [-0.39, 0.29) is 11.4 Å². The molecule has 0 bridgehead atoms. The molecule has 0 aliphatic heterocycles. The summed E-state index contributed by atoms with van der Waals surface area (Å²) in [7, 11) is 0. The van der Waals surface area contributed by atoms with Gasteiger partial charge < -0.3 is 9.72 Å². The van der Waals surface area contributed by atoms with Crippen molar-refractivity contribution < 1.29 is 31.1 Å². The second kappa shape index (κ2) is 5.24. The minimum atomic E-state index is -4.83. The Labute approximate surface area is 122 Å². The maximum Gasteiger partial charge on any atom is 0.573 e. The Kier molecular flexibility index (Phi) is 3.91. The average Bonchev–Trinajstić information content (AvgIpc) is 2.70. The Balaban J connectivity index is 2.27. The summed E-state index contributed by atoms with van der Waals surface area (Å²) < 4.78 is 76.9. The van der Waals surface area contributed by atoms with Crippen molar-refractivity contribution in [1.82, 2.24) is 9.97 Å². The summed E-state index contributed by atoms with van der Waals surface area (Å²) in [5.41, 5.74) is -0.895. The number of aromatic amines is 1. The van der Waals surface area contributed by atoms with Crippen LogP contribution in [-0.2, 0) is 6.18 Å². The molecule has 0 fully saturated rings. The van der Waals surface area contributed by atoms with Crippen LogP contribution in [0.1, 0.15) is 5.69 Å². The summed E-state index contributed by atoms with van der Waals surface area (Å²) in [5, 5.41) is 0. The van der Waals surface area contributed by atoms with E-state index >= 15 is 0 Å². The van der Waals surface area contributed by atoms with E-state index in [1.54, 1.807) is 0 Å². The highest BCUT2D eigenvalue weighted by atomic mass is 79.9. The lowest BCUT2D eigenvalue weighted by atomic mass is 10.2. The highest BCUT2D eigenvalue weighted by Gasteiger charge is 2.36. The molecule has 0 saturated heterocycles. The first-order valence-corrected chi connectivity index (χ1v) is 6.04. The van der Waals surface area contributed by atoms with E-state index in [0.717, 1.165) is 24.3 Å². The van der Waals surface area contributed by atoms with Gasteiger partial charge in [0.25, 0.3) is 0 Å². The summed E-state index contributed by atoms with van der Waals surface area (Å²) in [6.45, 7) is 0. The maximum atomic E-state index is 12.6. The van der Waals surface area contributed by atoms with E-state index in [0.29, 0.717) is 0 Å². The van der Waals surface area contributed by atoms with Gasteiger partial charge in [0.2, 0.25) is 0 Å². The third kappa shape index (κ3) is 3.90. The topological polar surface area (TPSA) is 37.9 Å². The molecule has 0 spiro atoms. The lowest BCUT2D eigenvalue weighted by Crippen LogP contribution is -2.16. The fourth-order valence-electron chi connectivity index (χ4n) is 1.49. The molecule has 0 amide bonds. The summed E-state index contributed by atoms with van der Waals surface area (Å²) in [6.07, 6.45) is -9.46. The van der Waals surface area contributed by atoms with E-state index in [4.69, 9.17) is 0 Å². The number of nitrogens with zero attached hydrogens (tertiary/aromatic N) is 1. The van der Waals surface area contributed by atoms with E-state index < -0.39 is 28.6 Å². The Bertz CT molecular complexity index is 632. The molecule has 1 aromatic carbocycles. The van der Waals surface area contributed by atoms with Gasteiger partial charge in [-0.05, 0) is 40.2 Å². The summed E-state index contributed by atoms with van der Waals surface area (Å²) in [5.74, 6) is -0.610. The molecule has 0 radical (unpaired) electrons. The SMILES string of the molecule is FC(F)(F)Oc1ccc(-c2nc(Br)c(C(F)(F)F)[nH]2)cc1. The molecule has 1 N–H and O–H groups in total. The van der Waals surface area contributed by atoms with Crippen molar-refractivity contribution in [3.63, 3.8) is 0 Å². The van der Waals surface area contributed by atoms with Gasteiger partial charge in [0, 0.05) is 5.56 Å². The average molecular weight is 375 g/mol. The number of halogens is 7. The fourth-order valence-corrected chi connectivity index (χ4v) is 1.99. The molecule has 10 heteroatoms. The predicted molar refractivity (Wildman–Crippen MR) is 63.4 cm³/mol. The van der Waals surface area contributed by atoms with Crippen molar-refractivity contribution in [1.29, 1.82) is 0 Å². The molecular weight excluding hydrogens is 370 g/mol. The van der Waals surface area contributed by atoms with Crippen LogP contribution in [-0.4, -0.2) is 16.3 Å². The number of hydrogen-bond acceptors (Lipinski definition) is 2. The number of rotatable bonds is 2. The quantitative estimate of drug-likeness (QED) is 0.769. The highest BCUT2D eigenvalue weighted by Crippen LogP contribution is 2.35. The van der Waals surface area contributed by atoms with Crippen LogP contribution >= 0.6 is 15.9 Å². The monoisotopic (exact) mass is 374 g/mol. The molecule has 0 saturated carbocycles. The number of H-pyrrole nitrogens is 1. The van der Waals surface area contributed by atoms with Crippen LogP contribution in [0.3, 0.4) is 0 Å². The molecule has 1 aromatic heterocycles. The summed E-state index contributed by atoms with van der Waals surface area (Å²) >= 11 is 2.67. The van der Waals surface area contributed by atoms with Crippen molar-refractivity contribution in [2.24, 2.45) is 0 Å². The van der Waals surface area contributed by atoms with Crippen molar-refractivity contribution in [3.8, 4) is 17.1 Å². The predicted octanol–water partition coefficient (Wildman–Crippen LogP) is 4.76. The molecule has 114 valence electrons. The largest absolute Gasteiger partial charge is 0.573 e. The number of nitrogens with one attached hydrogen (secondary N) is 1. The van der Waals surface area contributed by atoms with Gasteiger partial charge in [-0.3, -0.25) is 0 Å². The van der Waals surface area contributed by atoms with Crippen LogP contribution in [0.2, 0.25) is 0 Å². The molecule has 2 rings (SSSR count). The Morgan fingerprint density at radius 2 is 1.57 bits per heavy atom. The number of imidazole rings is 1. The molecule has 1 heterocycles. The van der Waals surface area contributed by atoms with Crippen LogP contribution in [0, 0.1) is 0 Å². The zero-order valence-corrected chi connectivity index (χ0v) is 11.4. The number of alkyl halides is 6. The number of aromatic nitrogens is 2. The van der Waals surface area contributed by atoms with Gasteiger partial charge in [-0.1, -0.05) is 0 Å². The van der Waals surface area contributed by atoms with Gasteiger partial charge in [0.1, 0.15) is 16.2 Å². The van der Waals surface area contributed by atoms with Gasteiger partial charge >= 0.3 is 12.5 Å². The Morgan fingerprint density at radius 3 is 2.00 bits per heavy atom. The highest BCUT2D eigenvalue weighted by molar-refractivity contribution is 9.10. The summed E-state index contributed by atoms with van der Waals surface area (Å²) in [6, 6.07) is 4.28. The maximum absolute atomic E-state index is 12.6. The second-order valence-corrected chi connectivity index (χ2v) is 4.57. The lowest BCUT2D eigenvalue weighted by Gasteiger charge is -2.08. The minimum Gasteiger partial charge on any atom is -0.406 e. The van der Waals surface area contributed by atoms with Gasteiger partial charge in [0.15, 0.2) is 5.69 Å². The molecule has 2 aromatic rings. The zero-order valence-electron chi connectivity index (χ0n) is 9.81. The van der Waals surface area contributed by atoms with Crippen LogP contribution in [0.15, 0.2) is 28.9 Å². The molecule has 3 nitrogen and oxygen atoms in total. The van der Waals surface area contributed by atoms with Gasteiger partial charge in [0.05, 0.1) is 0 Å². The zero-order chi connectivity index (χ0) is 15.8. The van der Waals surface area contributed by atoms with E-state index in [2.05, 4.69) is 30.6 Å². The minimum absolute atomic E-state index is 0.132. The molecule has 0 aliphatic rings. The van der Waals surface area contributed by atoms with Crippen LogP contribution in [0.4, 0.5) is 26.3 Å². The molecule has 21 heavy (non-hydrogen) atoms. The van der Waals surface area contributed by atoms with E-state index in [1.807, 2.05) is 0 Å². The molecule has 0 atom stereocenters. The third-order valence-corrected chi connectivity index (χ3v) is 2.88. The summed E-state index contributed by atoms with van der Waals surface area (Å²) in [4.78, 5) is 5.69. The number of ether oxygens (including phenoxy) is 1. The van der Waals surface area contributed by atoms with Crippen molar-refractivity contribution >= 4 is 15.9 Å². The van der Waals surface area contributed by atoms with E-state index in [9.17, 15) is 26.3 Å². The van der Waals surface area contributed by atoms with Crippen LogP contribution in [0.25, 0.3) is 11.4 Å². The molecule has 0 unspecified atom stereocenters. The fraction of sp³-hybridized carbons (Fsp3) is 0.182. The normalized spacial score (nSPS) is 12.5. The van der Waals surface area contributed by atoms with Crippen molar-refractivity contribution in [3.05, 3.63) is 34.6 Å². The van der Waals surface area contributed by atoms with Crippen molar-refractivity contribution in [2.75, 3.05) is 0 Å². The van der Waals surface area contributed by atoms with Gasteiger partial charge in [-0.25, -0.2) is 4.98 Å². The van der Waals surface area contributed by atoms with Crippen LogP contribution < -0.4 is 4.74 Å². The smallest absolute Gasteiger partial charge is 0.406 e. The number of benzene rings is 1. The van der Waals surface area contributed by atoms with E-state index in [1.165, 1.54) is 0 Å². The Morgan fingerprint density at radius 1 is 1.00 bits per heavy atom. The lowest BCUT2D eigenvalue weighted by molar-refractivity contribution is -0.274. The number of hydrogen-bond donors (Lipinski definition) is 1. The van der Waals surface area contributed by atoms with Crippen molar-refractivity contribution in [2.45, 2.75) is 12.5 Å². The van der Waals surface area contributed by atoms with Crippen LogP contribution in [0.5, 0.6) is 5.75 Å². The standard InChI is InChI=1S/C11H5BrF6N2O/c12-8-7(10(13,14)15)19-9(20-8)5-1-3-6(4-2-5)21-11(16,17)18/h1-4H,(H,19,20). The Hall–Kier alpha value is -1.71. The second-order valence-electron chi connectivity index (χ2n) is 3.82. The third-order valence-electron chi connectivity index (χ3n) is 2.30.